The Morgan fingerprint density at radius 2 is 2.11 bits per heavy atom. The smallest absolute Gasteiger partial charge is 0.407 e. The van der Waals surface area contributed by atoms with Crippen LogP contribution >= 0.6 is 0 Å². The summed E-state index contributed by atoms with van der Waals surface area (Å²) in [4.78, 5) is 24.2. The van der Waals surface area contributed by atoms with Gasteiger partial charge in [0.1, 0.15) is 5.60 Å². The minimum atomic E-state index is -0.475. The Morgan fingerprint density at radius 3 is 2.68 bits per heavy atom. The molecule has 6 heteroatoms. The molecule has 1 aliphatic rings. The van der Waals surface area contributed by atoms with Gasteiger partial charge in [-0.15, -0.1) is 0 Å². The van der Waals surface area contributed by atoms with Gasteiger partial charge in [0.05, 0.1) is 0 Å². The number of likely N-dealkylation sites (tertiary alicyclic amines) is 1. The molecule has 1 aliphatic heterocycles. The van der Waals surface area contributed by atoms with Crippen LogP contribution in [0.5, 0.6) is 0 Å². The van der Waals surface area contributed by atoms with E-state index in [9.17, 15) is 9.59 Å². The third-order valence-corrected chi connectivity index (χ3v) is 3.05. The van der Waals surface area contributed by atoms with Crippen LogP contribution in [0, 0.1) is 5.92 Å². The second-order valence-electron chi connectivity index (χ2n) is 6.01. The van der Waals surface area contributed by atoms with Crippen molar-refractivity contribution in [2.24, 2.45) is 11.7 Å². The van der Waals surface area contributed by atoms with E-state index in [1.54, 1.807) is 4.90 Å². The summed E-state index contributed by atoms with van der Waals surface area (Å²) in [6.07, 6.45) is 2.48. The summed E-state index contributed by atoms with van der Waals surface area (Å²) < 4.78 is 5.15. The summed E-state index contributed by atoms with van der Waals surface area (Å²) in [5.41, 5.74) is 4.80. The Morgan fingerprint density at radius 1 is 1.42 bits per heavy atom. The number of carbonyl (C=O) groups is 2. The molecule has 1 fully saturated rings. The Labute approximate surface area is 114 Å². The molecule has 19 heavy (non-hydrogen) atoms. The van der Waals surface area contributed by atoms with Crippen LogP contribution in [-0.2, 0) is 4.74 Å². The molecule has 110 valence electrons. The summed E-state index contributed by atoms with van der Waals surface area (Å²) in [6.45, 7) is 7.48. The third kappa shape index (κ3) is 6.31. The minimum absolute atomic E-state index is 0.357. The molecule has 1 heterocycles. The maximum atomic E-state index is 11.5. The van der Waals surface area contributed by atoms with Gasteiger partial charge in [-0.3, -0.25) is 0 Å². The predicted molar refractivity (Wildman–Crippen MR) is 72.7 cm³/mol. The summed E-state index contributed by atoms with van der Waals surface area (Å²) >= 11 is 0. The SMILES string of the molecule is CC(C)(C)OC(=O)NCC[C@H]1CCCN(C(N)=O)C1. The molecule has 0 saturated carbocycles. The van der Waals surface area contributed by atoms with Crippen molar-refractivity contribution in [1.82, 2.24) is 10.2 Å². The number of amides is 3. The summed E-state index contributed by atoms with van der Waals surface area (Å²) in [7, 11) is 0. The van der Waals surface area contributed by atoms with E-state index in [1.165, 1.54) is 0 Å². The molecule has 3 amide bonds. The van der Waals surface area contributed by atoms with E-state index in [0.717, 1.165) is 25.8 Å². The van der Waals surface area contributed by atoms with Crippen molar-refractivity contribution in [3.63, 3.8) is 0 Å². The third-order valence-electron chi connectivity index (χ3n) is 3.05. The molecule has 0 aromatic carbocycles. The van der Waals surface area contributed by atoms with Crippen LogP contribution in [0.25, 0.3) is 0 Å². The highest BCUT2D eigenvalue weighted by Gasteiger charge is 2.22. The standard InChI is InChI=1S/C13H25N3O3/c1-13(2,3)19-12(18)15-7-6-10-5-4-8-16(9-10)11(14)17/h10H,4-9H2,1-3H3,(H2,14,17)(H,15,18)/t10-/m1/s1. The Balaban J connectivity index is 2.22. The van der Waals surface area contributed by atoms with E-state index >= 15 is 0 Å². The second-order valence-corrected chi connectivity index (χ2v) is 6.01. The lowest BCUT2D eigenvalue weighted by molar-refractivity contribution is 0.0522. The number of primary amides is 1. The topological polar surface area (TPSA) is 84.7 Å². The molecular weight excluding hydrogens is 246 g/mol. The number of nitrogens with one attached hydrogen (secondary N) is 1. The lowest BCUT2D eigenvalue weighted by atomic mass is 9.95. The van der Waals surface area contributed by atoms with Gasteiger partial charge in [-0.2, -0.15) is 0 Å². The van der Waals surface area contributed by atoms with Gasteiger partial charge in [-0.25, -0.2) is 9.59 Å². The Kier molecular flexibility index (Phi) is 5.44. The molecule has 0 spiro atoms. The first-order chi connectivity index (χ1) is 8.78. The second kappa shape index (κ2) is 6.63. The van der Waals surface area contributed by atoms with Gasteiger partial charge in [0.15, 0.2) is 0 Å². The average molecular weight is 271 g/mol. The number of carbonyl (C=O) groups excluding carboxylic acids is 2. The van der Waals surface area contributed by atoms with Crippen LogP contribution in [0.2, 0.25) is 0 Å². The van der Waals surface area contributed by atoms with E-state index in [2.05, 4.69) is 5.32 Å². The molecule has 0 bridgehead atoms. The predicted octanol–water partition coefficient (Wildman–Crippen LogP) is 1.69. The van der Waals surface area contributed by atoms with E-state index in [-0.39, 0.29) is 6.03 Å². The van der Waals surface area contributed by atoms with E-state index in [0.29, 0.717) is 19.0 Å². The Hall–Kier alpha value is -1.46. The zero-order chi connectivity index (χ0) is 14.5. The van der Waals surface area contributed by atoms with Crippen molar-refractivity contribution >= 4 is 12.1 Å². The molecule has 0 unspecified atom stereocenters. The molecule has 1 rings (SSSR count). The van der Waals surface area contributed by atoms with Gasteiger partial charge < -0.3 is 20.7 Å². The Bertz CT molecular complexity index is 326. The van der Waals surface area contributed by atoms with Crippen molar-refractivity contribution in [3.8, 4) is 0 Å². The number of ether oxygens (including phenoxy) is 1. The normalized spacial score (nSPS) is 19.9. The molecule has 3 N–H and O–H groups in total. The molecule has 1 saturated heterocycles. The highest BCUT2D eigenvalue weighted by molar-refractivity contribution is 5.72. The monoisotopic (exact) mass is 271 g/mol. The zero-order valence-electron chi connectivity index (χ0n) is 12.1. The number of piperidine rings is 1. The zero-order valence-corrected chi connectivity index (χ0v) is 12.1. The first-order valence-electron chi connectivity index (χ1n) is 6.79. The van der Waals surface area contributed by atoms with Gasteiger partial charge in [0.2, 0.25) is 0 Å². The molecule has 1 atom stereocenters. The summed E-state index contributed by atoms with van der Waals surface area (Å²) in [5, 5.41) is 2.73. The van der Waals surface area contributed by atoms with Crippen LogP contribution in [0.3, 0.4) is 0 Å². The number of nitrogens with zero attached hydrogens (tertiary/aromatic N) is 1. The van der Waals surface area contributed by atoms with Crippen LogP contribution in [0.4, 0.5) is 9.59 Å². The van der Waals surface area contributed by atoms with Crippen molar-refractivity contribution in [2.75, 3.05) is 19.6 Å². The van der Waals surface area contributed by atoms with Crippen molar-refractivity contribution in [1.29, 1.82) is 0 Å². The lowest BCUT2D eigenvalue weighted by Crippen LogP contribution is -2.43. The number of alkyl carbamates (subject to hydrolysis) is 1. The quantitative estimate of drug-likeness (QED) is 0.819. The van der Waals surface area contributed by atoms with E-state index in [1.807, 2.05) is 20.8 Å². The maximum Gasteiger partial charge on any atom is 0.407 e. The largest absolute Gasteiger partial charge is 0.444 e. The average Bonchev–Trinajstić information content (AvgIpc) is 2.27. The molecule has 0 radical (unpaired) electrons. The molecule has 0 aliphatic carbocycles. The number of rotatable bonds is 3. The van der Waals surface area contributed by atoms with Gasteiger partial charge in [0.25, 0.3) is 0 Å². The first-order valence-corrected chi connectivity index (χ1v) is 6.79. The summed E-state index contributed by atoms with van der Waals surface area (Å²) in [5.74, 6) is 0.399. The fraction of sp³-hybridized carbons (Fsp3) is 0.846. The first kappa shape index (κ1) is 15.6. The maximum absolute atomic E-state index is 11.5. The van der Waals surface area contributed by atoms with Crippen molar-refractivity contribution in [3.05, 3.63) is 0 Å². The van der Waals surface area contributed by atoms with Crippen LogP contribution in [0.1, 0.15) is 40.0 Å². The van der Waals surface area contributed by atoms with Crippen LogP contribution < -0.4 is 11.1 Å². The molecule has 0 aromatic heterocycles. The molecular formula is C13H25N3O3. The summed E-state index contributed by atoms with van der Waals surface area (Å²) in [6, 6.07) is -0.357. The van der Waals surface area contributed by atoms with E-state index < -0.39 is 11.7 Å². The van der Waals surface area contributed by atoms with Gasteiger partial charge in [-0.1, -0.05) is 0 Å². The highest BCUT2D eigenvalue weighted by atomic mass is 16.6. The minimum Gasteiger partial charge on any atom is -0.444 e. The van der Waals surface area contributed by atoms with Gasteiger partial charge in [0, 0.05) is 19.6 Å². The number of nitrogens with two attached hydrogens (primary N) is 1. The van der Waals surface area contributed by atoms with Crippen LogP contribution in [0.15, 0.2) is 0 Å². The van der Waals surface area contributed by atoms with Crippen molar-refractivity contribution < 1.29 is 14.3 Å². The molecule has 6 nitrogen and oxygen atoms in total. The lowest BCUT2D eigenvalue weighted by Gasteiger charge is -2.31. The van der Waals surface area contributed by atoms with E-state index in [4.69, 9.17) is 10.5 Å². The number of hydrogen-bond acceptors (Lipinski definition) is 3. The molecule has 0 aromatic rings. The highest BCUT2D eigenvalue weighted by Crippen LogP contribution is 2.18. The van der Waals surface area contributed by atoms with Crippen molar-refractivity contribution in [2.45, 2.75) is 45.6 Å². The fourth-order valence-corrected chi connectivity index (χ4v) is 2.19. The van der Waals surface area contributed by atoms with Gasteiger partial charge in [-0.05, 0) is 46.0 Å². The fourth-order valence-electron chi connectivity index (χ4n) is 2.19. The van der Waals surface area contributed by atoms with Crippen LogP contribution in [-0.4, -0.2) is 42.3 Å². The number of urea groups is 1. The number of hydrogen-bond donors (Lipinski definition) is 2. The van der Waals surface area contributed by atoms with Gasteiger partial charge >= 0.3 is 12.1 Å².